The van der Waals surface area contributed by atoms with Gasteiger partial charge in [-0.3, -0.25) is 4.90 Å². The summed E-state index contributed by atoms with van der Waals surface area (Å²) in [5, 5.41) is 12.4. The van der Waals surface area contributed by atoms with Crippen molar-refractivity contribution >= 4 is 11.7 Å². The van der Waals surface area contributed by atoms with E-state index in [4.69, 9.17) is 5.11 Å². The van der Waals surface area contributed by atoms with E-state index in [1.165, 1.54) is 12.1 Å². The highest BCUT2D eigenvalue weighted by Crippen LogP contribution is 2.18. The lowest BCUT2D eigenvalue weighted by Gasteiger charge is -2.33. The van der Waals surface area contributed by atoms with E-state index in [0.717, 1.165) is 43.7 Å². The molecule has 0 spiro atoms. The largest absolute Gasteiger partial charge is 0.478 e. The van der Waals surface area contributed by atoms with E-state index in [1.54, 1.807) is 24.3 Å². The number of hydrogen-bond donors (Lipinski definition) is 2. The Morgan fingerprint density at radius 1 is 1.08 bits per heavy atom. The smallest absolute Gasteiger partial charge is 0.335 e. The van der Waals surface area contributed by atoms with Crippen LogP contribution in [0.1, 0.15) is 28.8 Å². The van der Waals surface area contributed by atoms with Crippen LogP contribution in [0.5, 0.6) is 0 Å². The third-order valence-electron chi connectivity index (χ3n) is 4.41. The lowest BCUT2D eigenvalue weighted by atomic mass is 10.0. The van der Waals surface area contributed by atoms with Gasteiger partial charge in [0.1, 0.15) is 5.82 Å². The maximum Gasteiger partial charge on any atom is 0.335 e. The minimum atomic E-state index is -0.894. The quantitative estimate of drug-likeness (QED) is 0.880. The topological polar surface area (TPSA) is 52.6 Å². The molecule has 126 valence electrons. The molecule has 0 unspecified atom stereocenters. The first-order valence-electron chi connectivity index (χ1n) is 8.17. The molecule has 1 aliphatic heterocycles. The molecule has 5 heteroatoms. The van der Waals surface area contributed by atoms with E-state index >= 15 is 0 Å². The zero-order chi connectivity index (χ0) is 16.9. The van der Waals surface area contributed by atoms with Gasteiger partial charge in [-0.05, 0) is 54.8 Å². The standard InChI is InChI=1S/C19H21FN2O2/c20-16-5-7-17(8-6-16)21-18-9-11-22(12-10-18)13-14-1-3-15(4-2-14)19(23)24/h1-8,18,21H,9-13H2,(H,23,24). The highest BCUT2D eigenvalue weighted by atomic mass is 19.1. The number of hydrogen-bond acceptors (Lipinski definition) is 3. The van der Waals surface area contributed by atoms with Gasteiger partial charge in [-0.2, -0.15) is 0 Å². The predicted octanol–water partition coefficient (Wildman–Crippen LogP) is 3.60. The molecule has 4 nitrogen and oxygen atoms in total. The summed E-state index contributed by atoms with van der Waals surface area (Å²) in [7, 11) is 0. The molecule has 2 N–H and O–H groups in total. The van der Waals surface area contributed by atoms with E-state index in [0.29, 0.717) is 11.6 Å². The van der Waals surface area contributed by atoms with Gasteiger partial charge in [-0.25, -0.2) is 9.18 Å². The Morgan fingerprint density at radius 2 is 1.71 bits per heavy atom. The average molecular weight is 328 g/mol. The summed E-state index contributed by atoms with van der Waals surface area (Å²) in [6, 6.07) is 14.0. The molecule has 1 fully saturated rings. The van der Waals surface area contributed by atoms with Gasteiger partial charge in [0.2, 0.25) is 0 Å². The SMILES string of the molecule is O=C(O)c1ccc(CN2CCC(Nc3ccc(F)cc3)CC2)cc1. The van der Waals surface area contributed by atoms with Crippen molar-refractivity contribution < 1.29 is 14.3 Å². The van der Waals surface area contributed by atoms with Crippen molar-refractivity contribution in [3.05, 3.63) is 65.5 Å². The molecule has 0 bridgehead atoms. The third kappa shape index (κ3) is 4.32. The van der Waals surface area contributed by atoms with Crippen LogP contribution in [0.2, 0.25) is 0 Å². The summed E-state index contributed by atoms with van der Waals surface area (Å²) in [6.07, 6.45) is 2.06. The Labute approximate surface area is 140 Å². The van der Waals surface area contributed by atoms with Crippen molar-refractivity contribution in [3.8, 4) is 0 Å². The molecule has 1 saturated heterocycles. The van der Waals surface area contributed by atoms with Crippen LogP contribution in [0.4, 0.5) is 10.1 Å². The van der Waals surface area contributed by atoms with Gasteiger partial charge in [-0.15, -0.1) is 0 Å². The molecule has 0 aliphatic carbocycles. The van der Waals surface area contributed by atoms with Crippen molar-refractivity contribution in [1.82, 2.24) is 4.90 Å². The number of nitrogens with zero attached hydrogens (tertiary/aromatic N) is 1. The Bertz CT molecular complexity index is 678. The number of nitrogens with one attached hydrogen (secondary N) is 1. The molecule has 2 aromatic rings. The van der Waals surface area contributed by atoms with Crippen LogP contribution in [0, 0.1) is 5.82 Å². The molecule has 0 saturated carbocycles. The number of carboxylic acids is 1. The highest BCUT2D eigenvalue weighted by molar-refractivity contribution is 5.87. The Morgan fingerprint density at radius 3 is 2.29 bits per heavy atom. The zero-order valence-electron chi connectivity index (χ0n) is 13.4. The van der Waals surface area contributed by atoms with E-state index in [2.05, 4.69) is 10.2 Å². The Kier molecular flexibility index (Phi) is 5.11. The second kappa shape index (κ2) is 7.45. The Balaban J connectivity index is 1.48. The van der Waals surface area contributed by atoms with Crippen LogP contribution < -0.4 is 5.32 Å². The first-order chi connectivity index (χ1) is 11.6. The van der Waals surface area contributed by atoms with Crippen molar-refractivity contribution in [2.45, 2.75) is 25.4 Å². The fourth-order valence-corrected chi connectivity index (χ4v) is 3.03. The van der Waals surface area contributed by atoms with Gasteiger partial charge in [0.05, 0.1) is 5.56 Å². The number of halogens is 1. The summed E-state index contributed by atoms with van der Waals surface area (Å²) in [5.74, 6) is -1.11. The van der Waals surface area contributed by atoms with Crippen molar-refractivity contribution in [2.24, 2.45) is 0 Å². The number of likely N-dealkylation sites (tertiary alicyclic amines) is 1. The van der Waals surface area contributed by atoms with Crippen LogP contribution >= 0.6 is 0 Å². The van der Waals surface area contributed by atoms with E-state index in [9.17, 15) is 9.18 Å². The number of carbonyl (C=O) groups is 1. The normalized spacial score (nSPS) is 16.0. The number of anilines is 1. The first-order valence-corrected chi connectivity index (χ1v) is 8.17. The van der Waals surface area contributed by atoms with Gasteiger partial charge < -0.3 is 10.4 Å². The summed E-state index contributed by atoms with van der Waals surface area (Å²) in [5.41, 5.74) is 2.41. The zero-order valence-corrected chi connectivity index (χ0v) is 13.4. The van der Waals surface area contributed by atoms with E-state index < -0.39 is 5.97 Å². The lowest BCUT2D eigenvalue weighted by Crippen LogP contribution is -2.38. The monoisotopic (exact) mass is 328 g/mol. The number of aromatic carboxylic acids is 1. The summed E-state index contributed by atoms with van der Waals surface area (Å²) in [4.78, 5) is 13.2. The minimum absolute atomic E-state index is 0.218. The third-order valence-corrected chi connectivity index (χ3v) is 4.41. The summed E-state index contributed by atoms with van der Waals surface area (Å²) in [6.45, 7) is 2.81. The van der Waals surface area contributed by atoms with Crippen molar-refractivity contribution in [2.75, 3.05) is 18.4 Å². The lowest BCUT2D eigenvalue weighted by molar-refractivity contribution is 0.0697. The van der Waals surface area contributed by atoms with Crippen LogP contribution in [0.3, 0.4) is 0 Å². The molecular weight excluding hydrogens is 307 g/mol. The Hall–Kier alpha value is -2.40. The second-order valence-corrected chi connectivity index (χ2v) is 6.20. The first kappa shape index (κ1) is 16.5. The molecule has 1 aliphatic rings. The second-order valence-electron chi connectivity index (χ2n) is 6.20. The maximum absolute atomic E-state index is 12.9. The molecule has 24 heavy (non-hydrogen) atoms. The van der Waals surface area contributed by atoms with Crippen LogP contribution in [0.25, 0.3) is 0 Å². The van der Waals surface area contributed by atoms with Gasteiger partial charge in [0.15, 0.2) is 0 Å². The van der Waals surface area contributed by atoms with Gasteiger partial charge in [0, 0.05) is 31.4 Å². The molecule has 0 aromatic heterocycles. The number of piperidine rings is 1. The van der Waals surface area contributed by atoms with Crippen LogP contribution in [0.15, 0.2) is 48.5 Å². The number of benzene rings is 2. The summed E-state index contributed by atoms with van der Waals surface area (Å²) < 4.78 is 12.9. The van der Waals surface area contributed by atoms with Gasteiger partial charge in [0.25, 0.3) is 0 Å². The molecule has 1 heterocycles. The molecular formula is C19H21FN2O2. The number of carboxylic acid groups (broad SMARTS) is 1. The number of rotatable bonds is 5. The van der Waals surface area contributed by atoms with E-state index in [1.807, 2.05) is 12.1 Å². The highest BCUT2D eigenvalue weighted by Gasteiger charge is 2.19. The fraction of sp³-hybridized carbons (Fsp3) is 0.316. The molecule has 3 rings (SSSR count). The van der Waals surface area contributed by atoms with E-state index in [-0.39, 0.29) is 5.82 Å². The molecule has 0 radical (unpaired) electrons. The van der Waals surface area contributed by atoms with Crippen LogP contribution in [-0.4, -0.2) is 35.1 Å². The summed E-state index contributed by atoms with van der Waals surface area (Å²) >= 11 is 0. The van der Waals surface area contributed by atoms with Gasteiger partial charge >= 0.3 is 5.97 Å². The predicted molar refractivity (Wildman–Crippen MR) is 91.7 cm³/mol. The average Bonchev–Trinajstić information content (AvgIpc) is 2.59. The molecule has 0 atom stereocenters. The minimum Gasteiger partial charge on any atom is -0.478 e. The van der Waals surface area contributed by atoms with Crippen LogP contribution in [-0.2, 0) is 6.54 Å². The molecule has 0 amide bonds. The maximum atomic E-state index is 12.9. The van der Waals surface area contributed by atoms with Crippen molar-refractivity contribution in [3.63, 3.8) is 0 Å². The van der Waals surface area contributed by atoms with Gasteiger partial charge in [-0.1, -0.05) is 12.1 Å². The van der Waals surface area contributed by atoms with Crippen molar-refractivity contribution in [1.29, 1.82) is 0 Å². The fourth-order valence-electron chi connectivity index (χ4n) is 3.03. The molecule has 2 aromatic carbocycles.